The van der Waals surface area contributed by atoms with Gasteiger partial charge in [0.2, 0.25) is 11.6 Å². The van der Waals surface area contributed by atoms with E-state index in [-0.39, 0.29) is 24.3 Å². The number of aromatic nitrogens is 2. The Morgan fingerprint density at radius 3 is 1.28 bits per heavy atom. The van der Waals surface area contributed by atoms with Crippen molar-refractivity contribution in [1.82, 2.24) is 9.97 Å². The van der Waals surface area contributed by atoms with Crippen LogP contribution in [0.4, 0.5) is 0 Å². The average Bonchev–Trinajstić information content (AvgIpc) is 2.86. The average molecular weight is 422 g/mol. The van der Waals surface area contributed by atoms with Crippen LogP contribution in [0.1, 0.15) is 31.8 Å². The van der Waals surface area contributed by atoms with Crippen molar-refractivity contribution in [3.63, 3.8) is 0 Å². The molecule has 0 saturated heterocycles. The summed E-state index contributed by atoms with van der Waals surface area (Å²) in [6.45, 7) is -0.0997. The molecule has 0 bridgehead atoms. The van der Waals surface area contributed by atoms with Crippen LogP contribution >= 0.6 is 0 Å². The van der Waals surface area contributed by atoms with Crippen molar-refractivity contribution in [2.75, 3.05) is 0 Å². The van der Waals surface area contributed by atoms with Crippen molar-refractivity contribution < 1.29 is 19.8 Å². The monoisotopic (exact) mass is 422 g/mol. The van der Waals surface area contributed by atoms with E-state index in [0.29, 0.717) is 22.5 Å². The Labute approximate surface area is 183 Å². The van der Waals surface area contributed by atoms with Gasteiger partial charge in [-0.2, -0.15) is 0 Å². The minimum atomic E-state index is -0.608. The molecule has 4 aromatic rings. The molecule has 0 atom stereocenters. The first-order valence-electron chi connectivity index (χ1n) is 10.1. The summed E-state index contributed by atoms with van der Waals surface area (Å²) in [5.74, 6) is -1.22. The third-order valence-electron chi connectivity index (χ3n) is 5.63. The first kappa shape index (κ1) is 19.9. The molecule has 5 rings (SSSR count). The number of nitrogens with zero attached hydrogens (tertiary/aromatic N) is 2. The molecule has 0 radical (unpaired) electrons. The van der Waals surface area contributed by atoms with Crippen molar-refractivity contribution >= 4 is 11.6 Å². The molecule has 1 aliphatic rings. The van der Waals surface area contributed by atoms with Crippen molar-refractivity contribution in [3.05, 3.63) is 95.3 Å². The minimum Gasteiger partial charge on any atom is -0.392 e. The number of benzene rings is 2. The normalized spacial score (nSPS) is 12.4. The van der Waals surface area contributed by atoms with E-state index in [0.717, 1.165) is 22.3 Å². The fourth-order valence-corrected chi connectivity index (χ4v) is 3.82. The number of hydrogen-bond donors (Lipinski definition) is 2. The van der Waals surface area contributed by atoms with Crippen LogP contribution in [0.5, 0.6) is 0 Å². The first-order valence-corrected chi connectivity index (χ1v) is 10.1. The van der Waals surface area contributed by atoms with Gasteiger partial charge in [0.1, 0.15) is 11.4 Å². The Hall–Kier alpha value is -4.00. The molecule has 1 aliphatic carbocycles. The highest BCUT2D eigenvalue weighted by atomic mass is 16.3. The summed E-state index contributed by atoms with van der Waals surface area (Å²) in [5, 5.41) is 18.4. The van der Waals surface area contributed by atoms with Gasteiger partial charge in [-0.1, -0.05) is 48.5 Å². The molecule has 2 heterocycles. The van der Waals surface area contributed by atoms with Gasteiger partial charge in [-0.05, 0) is 34.4 Å². The van der Waals surface area contributed by atoms with E-state index >= 15 is 0 Å². The van der Waals surface area contributed by atoms with Crippen LogP contribution in [0.15, 0.2) is 73.1 Å². The maximum atomic E-state index is 12.9. The van der Waals surface area contributed by atoms with E-state index < -0.39 is 11.6 Å². The molecule has 6 heteroatoms. The van der Waals surface area contributed by atoms with Gasteiger partial charge < -0.3 is 10.2 Å². The number of carbonyl (C=O) groups is 2. The third kappa shape index (κ3) is 3.32. The maximum absolute atomic E-state index is 12.9. The molecule has 6 nitrogen and oxygen atoms in total. The second kappa shape index (κ2) is 7.92. The lowest BCUT2D eigenvalue weighted by molar-refractivity contribution is 0.0815. The minimum absolute atomic E-state index is 0.0499. The lowest BCUT2D eigenvalue weighted by atomic mass is 9.87. The van der Waals surface area contributed by atoms with Gasteiger partial charge in [0.25, 0.3) is 0 Å². The lowest BCUT2D eigenvalue weighted by Crippen LogP contribution is -2.23. The van der Waals surface area contributed by atoms with Crippen LogP contribution in [-0.2, 0) is 13.2 Å². The molecule has 32 heavy (non-hydrogen) atoms. The number of aliphatic hydroxyl groups excluding tert-OH is 2. The Morgan fingerprint density at radius 1 is 0.562 bits per heavy atom. The number of fused-ring (bicyclic) bond motifs is 3. The number of ketones is 2. The summed E-state index contributed by atoms with van der Waals surface area (Å²) < 4.78 is 0. The van der Waals surface area contributed by atoms with Crippen molar-refractivity contribution in [3.8, 4) is 33.6 Å². The van der Waals surface area contributed by atoms with E-state index in [1.165, 1.54) is 0 Å². The second-order valence-electron chi connectivity index (χ2n) is 7.61. The lowest BCUT2D eigenvalue weighted by Gasteiger charge is -2.18. The fourth-order valence-electron chi connectivity index (χ4n) is 3.82. The zero-order valence-electron chi connectivity index (χ0n) is 16.9. The van der Waals surface area contributed by atoms with Crippen LogP contribution in [0.2, 0.25) is 0 Å². The molecule has 0 unspecified atom stereocenters. The molecule has 0 spiro atoms. The summed E-state index contributed by atoms with van der Waals surface area (Å²) >= 11 is 0. The number of rotatable bonds is 4. The molecule has 0 saturated carbocycles. The predicted octanol–water partition coefficient (Wildman–Crippen LogP) is 3.84. The largest absolute Gasteiger partial charge is 0.392 e. The summed E-state index contributed by atoms with van der Waals surface area (Å²) in [6, 6.07) is 17.9. The highest BCUT2D eigenvalue weighted by Crippen LogP contribution is 2.35. The number of hydrogen-bond acceptors (Lipinski definition) is 6. The molecular weight excluding hydrogens is 404 g/mol. The second-order valence-corrected chi connectivity index (χ2v) is 7.61. The maximum Gasteiger partial charge on any atom is 0.235 e. The number of carbonyl (C=O) groups excluding carboxylic acids is 2. The summed E-state index contributed by atoms with van der Waals surface area (Å²) in [7, 11) is 0. The van der Waals surface area contributed by atoms with Crippen molar-refractivity contribution in [1.29, 1.82) is 0 Å². The molecular formula is C26H18N2O4. The highest BCUT2D eigenvalue weighted by molar-refractivity contribution is 6.52. The number of Topliss-reactive ketones (excluding diaryl/α,β-unsaturated/α-hetero) is 2. The smallest absolute Gasteiger partial charge is 0.235 e. The van der Waals surface area contributed by atoms with Crippen LogP contribution in [0, 0.1) is 0 Å². The Bertz CT molecular complexity index is 1250. The van der Waals surface area contributed by atoms with E-state index in [4.69, 9.17) is 0 Å². The van der Waals surface area contributed by atoms with Gasteiger partial charge in [-0.15, -0.1) is 0 Å². The van der Waals surface area contributed by atoms with Crippen molar-refractivity contribution in [2.45, 2.75) is 13.2 Å². The van der Waals surface area contributed by atoms with Gasteiger partial charge in [0, 0.05) is 23.5 Å². The topological polar surface area (TPSA) is 100 Å². The van der Waals surface area contributed by atoms with Gasteiger partial charge in [0.15, 0.2) is 0 Å². The number of aliphatic hydroxyl groups is 2. The van der Waals surface area contributed by atoms with Gasteiger partial charge in [-0.25, -0.2) is 0 Å². The molecule has 2 aromatic heterocycles. The standard InChI is InChI=1S/C26H18N2O4/c29-13-15-1-5-17(6-2-15)19-9-21-23(27-11-19)24-22(26(32)25(21)31)10-20(12-28-24)18-7-3-16(14-30)4-8-18/h1-12,29-30H,13-14H2. The predicted molar refractivity (Wildman–Crippen MR) is 119 cm³/mol. The van der Waals surface area contributed by atoms with E-state index in [9.17, 15) is 19.8 Å². The zero-order valence-corrected chi connectivity index (χ0v) is 16.9. The quantitative estimate of drug-likeness (QED) is 0.485. The Kier molecular flexibility index (Phi) is 4.93. The van der Waals surface area contributed by atoms with Gasteiger partial charge >= 0.3 is 0 Å². The molecule has 0 amide bonds. The molecule has 0 aliphatic heterocycles. The van der Waals surface area contributed by atoms with Crippen LogP contribution < -0.4 is 0 Å². The highest BCUT2D eigenvalue weighted by Gasteiger charge is 2.33. The van der Waals surface area contributed by atoms with E-state index in [1.807, 2.05) is 24.3 Å². The van der Waals surface area contributed by atoms with E-state index in [1.54, 1.807) is 48.8 Å². The molecule has 0 fully saturated rings. The number of pyridine rings is 2. The third-order valence-corrected chi connectivity index (χ3v) is 5.63. The van der Waals surface area contributed by atoms with Gasteiger partial charge in [-0.3, -0.25) is 19.6 Å². The molecule has 2 aromatic carbocycles. The van der Waals surface area contributed by atoms with Crippen LogP contribution in [0.25, 0.3) is 33.6 Å². The SMILES string of the molecule is O=C1C(=O)c2cc(-c3ccc(CO)cc3)cnc2-c2ncc(-c3ccc(CO)cc3)cc21. The Morgan fingerprint density at radius 2 is 0.938 bits per heavy atom. The van der Waals surface area contributed by atoms with E-state index in [2.05, 4.69) is 9.97 Å². The van der Waals surface area contributed by atoms with Crippen molar-refractivity contribution in [2.24, 2.45) is 0 Å². The summed E-state index contributed by atoms with van der Waals surface area (Å²) in [5.41, 5.74) is 5.90. The fraction of sp³-hybridized carbons (Fsp3) is 0.0769. The molecule has 2 N–H and O–H groups in total. The first-order chi connectivity index (χ1) is 15.6. The zero-order chi connectivity index (χ0) is 22.2. The Balaban J connectivity index is 1.57. The summed E-state index contributed by atoms with van der Waals surface area (Å²) in [4.78, 5) is 34.8. The summed E-state index contributed by atoms with van der Waals surface area (Å²) in [6.07, 6.45) is 3.31. The van der Waals surface area contributed by atoms with Crippen LogP contribution in [-0.4, -0.2) is 31.7 Å². The van der Waals surface area contributed by atoms with Gasteiger partial charge in [0.05, 0.1) is 24.3 Å². The van der Waals surface area contributed by atoms with Crippen LogP contribution in [0.3, 0.4) is 0 Å². The molecule has 156 valence electrons.